The maximum absolute atomic E-state index is 14.0. The molecule has 1 saturated heterocycles. The number of ether oxygens (including phenoxy) is 6. The third-order valence-electron chi connectivity index (χ3n) is 9.02. The predicted octanol–water partition coefficient (Wildman–Crippen LogP) is -0.621. The number of carbonyl (C=O) groups excluding carboxylic acids is 9. The number of nitrogens with two attached hydrogens (primary N) is 1. The van der Waals surface area contributed by atoms with Gasteiger partial charge in [-0.05, 0) is 42.0 Å². The van der Waals surface area contributed by atoms with Gasteiger partial charge in [-0.2, -0.15) is 0 Å². The van der Waals surface area contributed by atoms with Gasteiger partial charge in [-0.15, -0.1) is 0 Å². The van der Waals surface area contributed by atoms with E-state index in [1.807, 2.05) is 0 Å². The Morgan fingerprint density at radius 3 is 1.81 bits per heavy atom. The third kappa shape index (κ3) is 17.7. The number of benzene rings is 2. The maximum atomic E-state index is 14.0. The first-order chi connectivity index (χ1) is 29.7. The molecular weight excluding hydrogens is 830 g/mol. The van der Waals surface area contributed by atoms with Crippen LogP contribution in [-0.4, -0.2) is 127 Å². The van der Waals surface area contributed by atoms with Crippen LogP contribution in [0, 0.1) is 5.92 Å². The Hall–Kier alpha value is -6.61. The van der Waals surface area contributed by atoms with Gasteiger partial charge in [0.05, 0.1) is 19.1 Å². The first kappa shape index (κ1) is 50.7. The van der Waals surface area contributed by atoms with Crippen molar-refractivity contribution in [1.29, 1.82) is 0 Å². The summed E-state index contributed by atoms with van der Waals surface area (Å²) in [5, 5.41) is 19.4. The van der Waals surface area contributed by atoms with Gasteiger partial charge in [-0.25, -0.2) is 4.79 Å². The predicted molar refractivity (Wildman–Crippen MR) is 217 cm³/mol. The van der Waals surface area contributed by atoms with E-state index in [0.29, 0.717) is 11.1 Å². The van der Waals surface area contributed by atoms with Crippen LogP contribution in [-0.2, 0) is 84.4 Å². The molecule has 21 heteroatoms. The molecule has 0 aliphatic carbocycles. The molecule has 0 radical (unpaired) electrons. The highest BCUT2D eigenvalue weighted by Crippen LogP contribution is 2.30. The van der Waals surface area contributed by atoms with Gasteiger partial charge >= 0.3 is 29.8 Å². The van der Waals surface area contributed by atoms with Gasteiger partial charge in [0.1, 0.15) is 30.5 Å². The molecule has 7 N–H and O–H groups in total. The van der Waals surface area contributed by atoms with Gasteiger partial charge in [0, 0.05) is 34.1 Å². The molecule has 0 spiro atoms. The first-order valence-electron chi connectivity index (χ1n) is 19.9. The van der Waals surface area contributed by atoms with E-state index in [-0.39, 0.29) is 30.9 Å². The summed E-state index contributed by atoms with van der Waals surface area (Å²) >= 11 is 0. The van der Waals surface area contributed by atoms with Crippen LogP contribution in [0.2, 0.25) is 0 Å². The average Bonchev–Trinajstić information content (AvgIpc) is 3.20. The molecule has 0 aromatic heterocycles. The lowest BCUT2D eigenvalue weighted by atomic mass is 9.98. The Bertz CT molecular complexity index is 1930. The highest BCUT2D eigenvalue weighted by atomic mass is 16.7. The number of nitrogens with one attached hydrogen (secondary N) is 4. The summed E-state index contributed by atoms with van der Waals surface area (Å²) in [6.07, 6.45) is -8.10. The van der Waals surface area contributed by atoms with Gasteiger partial charge in [-0.1, -0.05) is 56.3 Å². The van der Waals surface area contributed by atoms with E-state index in [1.165, 1.54) is 12.1 Å². The smallest absolute Gasteiger partial charge is 0.331 e. The second-order valence-electron chi connectivity index (χ2n) is 15.0. The molecule has 344 valence electrons. The highest BCUT2D eigenvalue weighted by Gasteiger charge is 2.54. The summed E-state index contributed by atoms with van der Waals surface area (Å²) < 4.78 is 32.8. The Kier molecular flexibility index (Phi) is 19.9. The van der Waals surface area contributed by atoms with E-state index < -0.39 is 122 Å². The van der Waals surface area contributed by atoms with Crippen molar-refractivity contribution in [2.24, 2.45) is 11.7 Å². The standard InChI is InChI=1S/C42H55N5O16/c1-22(2)16-32(41(57)63-42-38(61-26(6)51)37(60-25(5)50)36(59-24(4)49)33(62-42)21-58-23(3)48)47-40(56)31(18-27-10-8-7-9-11-27)46-35(54)20-44-34(53)19-45-39(55)30(43)17-28-12-14-29(52)15-13-28/h7-15,22,30-33,36-38,42,52H,16-21,43H2,1-6H3,(H,44,53)(H,45,55)(H,46,54)(H,47,56)/t30-,31-,32-,33+,36+,37-,38+,42-/m0/s1. The number of carbonyl (C=O) groups is 9. The summed E-state index contributed by atoms with van der Waals surface area (Å²) in [6.45, 7) is 5.99. The molecule has 0 unspecified atom stereocenters. The molecule has 63 heavy (non-hydrogen) atoms. The van der Waals surface area contributed by atoms with E-state index in [2.05, 4.69) is 21.3 Å². The Labute approximate surface area is 363 Å². The van der Waals surface area contributed by atoms with Crippen molar-refractivity contribution < 1.29 is 76.7 Å². The van der Waals surface area contributed by atoms with Crippen LogP contribution in [0.5, 0.6) is 5.75 Å². The number of amides is 4. The number of phenolic OH excluding ortho intramolecular Hbond substituents is 1. The van der Waals surface area contributed by atoms with Gasteiger partial charge in [-0.3, -0.25) is 38.4 Å². The largest absolute Gasteiger partial charge is 0.508 e. The molecule has 4 amide bonds. The van der Waals surface area contributed by atoms with E-state index in [4.69, 9.17) is 34.2 Å². The normalized spacial score (nSPS) is 19.5. The lowest BCUT2D eigenvalue weighted by molar-refractivity contribution is -0.301. The minimum atomic E-state index is -1.87. The topological polar surface area (TPSA) is 303 Å². The fraction of sp³-hybridized carbons (Fsp3) is 0.500. The lowest BCUT2D eigenvalue weighted by Crippen LogP contribution is -2.63. The highest BCUT2D eigenvalue weighted by molar-refractivity contribution is 5.93. The summed E-state index contributed by atoms with van der Waals surface area (Å²) in [7, 11) is 0. The fourth-order valence-electron chi connectivity index (χ4n) is 6.26. The zero-order chi connectivity index (χ0) is 46.8. The second-order valence-corrected chi connectivity index (χ2v) is 15.0. The van der Waals surface area contributed by atoms with Gasteiger partial charge in [0.2, 0.25) is 36.0 Å². The summed E-state index contributed by atoms with van der Waals surface area (Å²) in [6, 6.07) is 10.9. The Balaban J connectivity index is 1.77. The Morgan fingerprint density at radius 2 is 1.22 bits per heavy atom. The van der Waals surface area contributed by atoms with E-state index in [0.717, 1.165) is 27.7 Å². The molecule has 3 rings (SSSR count). The molecule has 1 aliphatic heterocycles. The molecule has 1 aliphatic rings. The van der Waals surface area contributed by atoms with E-state index in [1.54, 1.807) is 56.3 Å². The molecule has 2 aromatic rings. The van der Waals surface area contributed by atoms with Crippen LogP contribution < -0.4 is 27.0 Å². The molecule has 1 heterocycles. The molecule has 1 fully saturated rings. The van der Waals surface area contributed by atoms with Gasteiger partial charge < -0.3 is 60.5 Å². The molecule has 8 atom stereocenters. The molecule has 21 nitrogen and oxygen atoms in total. The van der Waals surface area contributed by atoms with Crippen LogP contribution in [0.4, 0.5) is 0 Å². The van der Waals surface area contributed by atoms with Crippen molar-refractivity contribution in [3.05, 3.63) is 65.7 Å². The maximum Gasteiger partial charge on any atom is 0.331 e. The van der Waals surface area contributed by atoms with Crippen molar-refractivity contribution in [2.45, 2.75) is 110 Å². The van der Waals surface area contributed by atoms with Crippen LogP contribution >= 0.6 is 0 Å². The van der Waals surface area contributed by atoms with Crippen LogP contribution in [0.1, 0.15) is 59.1 Å². The fourth-order valence-corrected chi connectivity index (χ4v) is 6.26. The van der Waals surface area contributed by atoms with Crippen molar-refractivity contribution in [3.8, 4) is 5.75 Å². The second kappa shape index (κ2) is 24.7. The van der Waals surface area contributed by atoms with Crippen LogP contribution in [0.25, 0.3) is 0 Å². The van der Waals surface area contributed by atoms with Gasteiger partial charge in [0.15, 0.2) is 12.2 Å². The Morgan fingerprint density at radius 1 is 0.651 bits per heavy atom. The van der Waals surface area contributed by atoms with E-state index >= 15 is 0 Å². The lowest BCUT2D eigenvalue weighted by Gasteiger charge is -2.43. The van der Waals surface area contributed by atoms with Crippen molar-refractivity contribution >= 4 is 53.5 Å². The molecule has 0 saturated carbocycles. The van der Waals surface area contributed by atoms with Crippen molar-refractivity contribution in [1.82, 2.24) is 21.3 Å². The summed E-state index contributed by atoms with van der Waals surface area (Å²) in [5.74, 6) is -7.77. The number of rotatable bonds is 21. The monoisotopic (exact) mass is 885 g/mol. The van der Waals surface area contributed by atoms with Crippen LogP contribution in [0.3, 0.4) is 0 Å². The number of hydrogen-bond donors (Lipinski definition) is 6. The van der Waals surface area contributed by atoms with Crippen molar-refractivity contribution in [3.63, 3.8) is 0 Å². The van der Waals surface area contributed by atoms with E-state index in [9.17, 15) is 48.3 Å². The third-order valence-corrected chi connectivity index (χ3v) is 9.02. The molecule has 0 bridgehead atoms. The molecular formula is C42H55N5O16. The van der Waals surface area contributed by atoms with Crippen molar-refractivity contribution in [2.75, 3.05) is 19.7 Å². The zero-order valence-corrected chi connectivity index (χ0v) is 35.8. The number of hydrogen-bond acceptors (Lipinski definition) is 17. The average molecular weight is 886 g/mol. The SMILES string of the molecule is CC(=O)OC[C@H]1O[C@@H](OC(=O)[C@H](CC(C)C)NC(=O)[C@H](Cc2ccccc2)NC(=O)CNC(=O)CNC(=O)[C@@H](N)Cc2ccc(O)cc2)[C@H](OC(C)=O)[C@@H](OC(C)=O)[C@@H]1OC(C)=O. The number of aromatic hydroxyl groups is 1. The number of esters is 5. The molecule has 2 aromatic carbocycles. The minimum Gasteiger partial charge on any atom is -0.508 e. The minimum absolute atomic E-state index is 0.0256. The van der Waals surface area contributed by atoms with Crippen LogP contribution in [0.15, 0.2) is 54.6 Å². The summed E-state index contributed by atoms with van der Waals surface area (Å²) in [5.41, 5.74) is 7.25. The zero-order valence-electron chi connectivity index (χ0n) is 35.8. The van der Waals surface area contributed by atoms with Gasteiger partial charge in [0.25, 0.3) is 0 Å². The first-order valence-corrected chi connectivity index (χ1v) is 19.9. The number of phenols is 1. The summed E-state index contributed by atoms with van der Waals surface area (Å²) in [4.78, 5) is 115. The quantitative estimate of drug-likeness (QED) is 0.0672.